The molecule has 0 unspecified atom stereocenters. The predicted octanol–water partition coefficient (Wildman–Crippen LogP) is -0.593. The van der Waals surface area contributed by atoms with Crippen molar-refractivity contribution >= 4 is 47.0 Å². The number of carbonyl (C=O) groups excluding carboxylic acids is 2. The van der Waals surface area contributed by atoms with Crippen molar-refractivity contribution in [2.75, 3.05) is 11.5 Å². The van der Waals surface area contributed by atoms with E-state index in [0.29, 0.717) is 16.5 Å². The molecule has 4 heterocycles. The van der Waals surface area contributed by atoms with Crippen LogP contribution >= 0.6 is 23.5 Å². The Bertz CT molecular complexity index is 1180. The van der Waals surface area contributed by atoms with E-state index in [1.807, 2.05) is 0 Å². The van der Waals surface area contributed by atoms with Gasteiger partial charge in [-0.1, -0.05) is 11.8 Å². The van der Waals surface area contributed by atoms with Gasteiger partial charge in [-0.15, -0.1) is 16.9 Å². The van der Waals surface area contributed by atoms with E-state index < -0.39 is 40.2 Å². The highest BCUT2D eigenvalue weighted by Crippen LogP contribution is 2.41. The molecular formula is C16H17N9O6S2. The Morgan fingerprint density at radius 3 is 2.85 bits per heavy atom. The first-order valence-corrected chi connectivity index (χ1v) is 11.5. The highest BCUT2D eigenvalue weighted by Gasteiger charge is 2.54. The molecule has 0 spiro atoms. The van der Waals surface area contributed by atoms with Crippen LogP contribution in [0.2, 0.25) is 0 Å². The molecule has 3 atom stereocenters. The van der Waals surface area contributed by atoms with E-state index in [9.17, 15) is 29.6 Å². The predicted molar refractivity (Wildman–Crippen MR) is 113 cm³/mol. The molecule has 0 radical (unpaired) electrons. The molecule has 0 bridgehead atoms. The Morgan fingerprint density at radius 2 is 2.24 bits per heavy atom. The maximum absolute atomic E-state index is 12.8. The van der Waals surface area contributed by atoms with Crippen LogP contribution in [0.5, 0.6) is 0 Å². The van der Waals surface area contributed by atoms with Gasteiger partial charge in [0.15, 0.2) is 0 Å². The second-order valence-electron chi connectivity index (χ2n) is 7.14. The van der Waals surface area contributed by atoms with Gasteiger partial charge in [0.25, 0.3) is 5.91 Å². The third kappa shape index (κ3) is 4.15. The lowest BCUT2D eigenvalue weighted by atomic mass is 10.0. The minimum Gasteiger partial charge on any atom is -0.477 e. The second kappa shape index (κ2) is 8.81. The summed E-state index contributed by atoms with van der Waals surface area (Å²) < 4.78 is 2.59. The molecule has 0 aliphatic carbocycles. The van der Waals surface area contributed by atoms with Crippen LogP contribution in [0.4, 0.5) is 5.69 Å². The molecule has 2 aliphatic heterocycles. The number of hydrogen-bond donors (Lipinski definition) is 2. The molecule has 0 aromatic carbocycles. The van der Waals surface area contributed by atoms with Crippen molar-refractivity contribution in [1.82, 2.24) is 40.2 Å². The molecule has 2 amide bonds. The second-order valence-corrected chi connectivity index (χ2v) is 9.19. The maximum Gasteiger partial charge on any atom is 0.352 e. The van der Waals surface area contributed by atoms with Crippen molar-refractivity contribution < 1.29 is 24.4 Å². The molecule has 4 rings (SSSR count). The lowest BCUT2D eigenvalue weighted by Crippen LogP contribution is -2.71. The van der Waals surface area contributed by atoms with Gasteiger partial charge in [-0.3, -0.25) is 29.3 Å². The van der Waals surface area contributed by atoms with Gasteiger partial charge in [0, 0.05) is 18.6 Å². The first-order chi connectivity index (χ1) is 15.7. The molecule has 174 valence electrons. The molecule has 1 saturated heterocycles. The number of aryl methyl sites for hydroxylation is 1. The molecular weight excluding hydrogens is 478 g/mol. The fourth-order valence-corrected chi connectivity index (χ4v) is 5.65. The number of amides is 2. The molecule has 17 heteroatoms. The Hall–Kier alpha value is -3.47. The van der Waals surface area contributed by atoms with Crippen LogP contribution < -0.4 is 5.32 Å². The minimum atomic E-state index is -1.23. The van der Waals surface area contributed by atoms with Crippen LogP contribution in [0.25, 0.3) is 0 Å². The average Bonchev–Trinajstić information content (AvgIpc) is 3.43. The first kappa shape index (κ1) is 22.7. The summed E-state index contributed by atoms with van der Waals surface area (Å²) >= 11 is 2.59. The highest BCUT2D eigenvalue weighted by molar-refractivity contribution is 8.01. The molecule has 1 fully saturated rings. The van der Waals surface area contributed by atoms with E-state index in [1.54, 1.807) is 7.05 Å². The Kier molecular flexibility index (Phi) is 6.07. The summed E-state index contributed by atoms with van der Waals surface area (Å²) in [5.74, 6) is -1.71. The van der Waals surface area contributed by atoms with Crippen LogP contribution in [-0.2, 0) is 21.4 Å². The van der Waals surface area contributed by atoms with Crippen molar-refractivity contribution in [3.8, 4) is 0 Å². The lowest BCUT2D eigenvalue weighted by molar-refractivity contribution is -0.385. The van der Waals surface area contributed by atoms with Gasteiger partial charge in [-0.25, -0.2) is 9.48 Å². The fraction of sp³-hybridized carbons (Fsp3) is 0.438. The number of rotatable bonds is 8. The Morgan fingerprint density at radius 1 is 1.48 bits per heavy atom. The highest BCUT2D eigenvalue weighted by atomic mass is 32.2. The molecule has 33 heavy (non-hydrogen) atoms. The number of hydrogen-bond acceptors (Lipinski definition) is 11. The Balaban J connectivity index is 1.45. The smallest absolute Gasteiger partial charge is 0.352 e. The standard InChI is InChI=1S/C16H17N9O6S2/c1-7(23-4-9(3-17-23)25(30)31)12(26)18-10-13(27)24-11(15(28)29)8(5-32-14(10)24)6-33-16-19-20-21-22(16)2/h3-4,7,10,14H,5-6H2,1-2H3,(H,18,26)(H,28,29)/t7-,10-,14+/m0/s1. The number of carboxylic acid groups (broad SMARTS) is 1. The minimum absolute atomic E-state index is 0.104. The number of nitrogens with one attached hydrogen (secondary N) is 1. The summed E-state index contributed by atoms with van der Waals surface area (Å²) in [5, 5.41) is 38.0. The summed E-state index contributed by atoms with van der Waals surface area (Å²) in [6.07, 6.45) is 2.15. The Labute approximate surface area is 193 Å². The van der Waals surface area contributed by atoms with Crippen molar-refractivity contribution in [3.63, 3.8) is 0 Å². The number of aliphatic carboxylic acids is 1. The zero-order valence-electron chi connectivity index (χ0n) is 17.2. The van der Waals surface area contributed by atoms with Crippen molar-refractivity contribution in [2.45, 2.75) is 29.5 Å². The summed E-state index contributed by atoms with van der Waals surface area (Å²) in [6.45, 7) is 1.49. The van der Waals surface area contributed by atoms with Crippen LogP contribution in [-0.4, -0.2) is 85.6 Å². The average molecular weight is 496 g/mol. The fourth-order valence-electron chi connectivity index (χ4n) is 3.32. The number of nitrogens with zero attached hydrogens (tertiary/aromatic N) is 8. The van der Waals surface area contributed by atoms with Gasteiger partial charge in [0.1, 0.15) is 35.5 Å². The molecule has 2 aromatic rings. The van der Waals surface area contributed by atoms with Crippen LogP contribution in [0.1, 0.15) is 13.0 Å². The third-order valence-electron chi connectivity index (χ3n) is 5.08. The molecule has 15 nitrogen and oxygen atoms in total. The number of aromatic nitrogens is 6. The summed E-state index contributed by atoms with van der Waals surface area (Å²) in [6, 6.07) is -1.82. The monoisotopic (exact) mass is 495 g/mol. The van der Waals surface area contributed by atoms with Crippen LogP contribution in [0.3, 0.4) is 0 Å². The zero-order chi connectivity index (χ0) is 23.9. The molecule has 0 saturated carbocycles. The van der Waals surface area contributed by atoms with Gasteiger partial charge in [-0.05, 0) is 22.9 Å². The van der Waals surface area contributed by atoms with Gasteiger partial charge in [0.05, 0.1) is 4.92 Å². The van der Waals surface area contributed by atoms with Gasteiger partial charge in [0.2, 0.25) is 11.1 Å². The normalized spacial score (nSPS) is 20.8. The summed E-state index contributed by atoms with van der Waals surface area (Å²) in [4.78, 5) is 48.7. The van der Waals surface area contributed by atoms with E-state index in [0.717, 1.165) is 17.1 Å². The number of carboxylic acids is 1. The number of nitro groups is 1. The first-order valence-electron chi connectivity index (χ1n) is 9.43. The topological polar surface area (TPSA) is 191 Å². The van der Waals surface area contributed by atoms with Gasteiger partial charge in [-0.2, -0.15) is 5.10 Å². The maximum atomic E-state index is 12.8. The van der Waals surface area contributed by atoms with Gasteiger partial charge < -0.3 is 10.4 Å². The van der Waals surface area contributed by atoms with E-state index >= 15 is 0 Å². The molecule has 2 aliphatic rings. The van der Waals surface area contributed by atoms with Crippen LogP contribution in [0.15, 0.2) is 28.8 Å². The molecule has 2 N–H and O–H groups in total. The van der Waals surface area contributed by atoms with Crippen molar-refractivity contribution in [3.05, 3.63) is 33.8 Å². The molecule has 2 aromatic heterocycles. The number of carbonyl (C=O) groups is 3. The van der Waals surface area contributed by atoms with E-state index in [-0.39, 0.29) is 17.1 Å². The van der Waals surface area contributed by atoms with Crippen molar-refractivity contribution in [1.29, 1.82) is 0 Å². The quantitative estimate of drug-likeness (QED) is 0.205. The summed E-state index contributed by atoms with van der Waals surface area (Å²) in [7, 11) is 1.66. The number of β-lactam (4-membered cyclic amide) rings is 1. The summed E-state index contributed by atoms with van der Waals surface area (Å²) in [5.41, 5.74) is 0.182. The van der Waals surface area contributed by atoms with Crippen molar-refractivity contribution in [2.24, 2.45) is 7.05 Å². The van der Waals surface area contributed by atoms with E-state index in [4.69, 9.17) is 0 Å². The number of tetrazole rings is 1. The third-order valence-corrected chi connectivity index (χ3v) is 7.52. The van der Waals surface area contributed by atoms with E-state index in [1.165, 1.54) is 40.0 Å². The van der Waals surface area contributed by atoms with E-state index in [2.05, 4.69) is 25.9 Å². The lowest BCUT2D eigenvalue weighted by Gasteiger charge is -2.49. The number of fused-ring (bicyclic) bond motifs is 1. The van der Waals surface area contributed by atoms with Crippen LogP contribution in [0, 0.1) is 10.1 Å². The SMILES string of the molecule is C[C@@H](C(=O)N[C@H]1C(=O)N2C(C(=O)O)=C(CSc3nnnn3C)CS[C@H]12)n1cc([N+](=O)[O-])cn1. The van der Waals surface area contributed by atoms with Gasteiger partial charge >= 0.3 is 11.7 Å². The number of thioether (sulfide) groups is 2. The largest absolute Gasteiger partial charge is 0.477 e. The zero-order valence-corrected chi connectivity index (χ0v) is 18.8.